The molecule has 1 heterocycles. The van der Waals surface area contributed by atoms with Crippen molar-refractivity contribution in [2.75, 3.05) is 6.26 Å². The van der Waals surface area contributed by atoms with Gasteiger partial charge in [-0.05, 0) is 25.3 Å². The fraction of sp³-hybridized carbons (Fsp3) is 0.385. The maximum Gasteiger partial charge on any atom is 0.195 e. The van der Waals surface area contributed by atoms with Crippen LogP contribution in [-0.2, 0) is 0 Å². The topological polar surface area (TPSA) is 30.7 Å². The van der Waals surface area contributed by atoms with E-state index in [2.05, 4.69) is 59.8 Å². The second-order valence-electron chi connectivity index (χ2n) is 4.37. The monoisotopic (exact) mass is 247 g/mol. The van der Waals surface area contributed by atoms with E-state index in [-0.39, 0.29) is 0 Å². The highest BCUT2D eigenvalue weighted by Crippen LogP contribution is 2.24. The first kappa shape index (κ1) is 12.2. The first-order valence-corrected chi connectivity index (χ1v) is 6.92. The van der Waals surface area contributed by atoms with Crippen LogP contribution in [0.15, 0.2) is 29.4 Å². The lowest BCUT2D eigenvalue weighted by molar-refractivity contribution is 0.732. The van der Waals surface area contributed by atoms with Gasteiger partial charge in [0.05, 0.1) is 0 Å². The van der Waals surface area contributed by atoms with Gasteiger partial charge >= 0.3 is 0 Å². The molecule has 0 saturated heterocycles. The Morgan fingerprint density at radius 3 is 2.29 bits per heavy atom. The summed E-state index contributed by atoms with van der Waals surface area (Å²) in [5.41, 5.74) is 2.40. The van der Waals surface area contributed by atoms with Crippen LogP contribution in [0.3, 0.4) is 0 Å². The van der Waals surface area contributed by atoms with E-state index < -0.39 is 0 Å². The molecule has 0 saturated carbocycles. The van der Waals surface area contributed by atoms with E-state index in [1.807, 2.05) is 6.26 Å². The van der Waals surface area contributed by atoms with Gasteiger partial charge in [0, 0.05) is 11.6 Å². The molecule has 2 aromatic rings. The predicted molar refractivity (Wildman–Crippen MR) is 72.0 cm³/mol. The van der Waals surface area contributed by atoms with Crippen LogP contribution in [0, 0.1) is 6.92 Å². The fourth-order valence-corrected chi connectivity index (χ4v) is 2.23. The summed E-state index contributed by atoms with van der Waals surface area (Å²) in [6.45, 7) is 6.37. The van der Waals surface area contributed by atoms with Gasteiger partial charge in [0.15, 0.2) is 5.16 Å². The number of thioether (sulfide) groups is 1. The van der Waals surface area contributed by atoms with Gasteiger partial charge in [-0.25, -0.2) is 0 Å². The first-order chi connectivity index (χ1) is 8.13. The lowest BCUT2D eigenvalue weighted by Crippen LogP contribution is -2.04. The molecule has 0 unspecified atom stereocenters. The summed E-state index contributed by atoms with van der Waals surface area (Å²) in [7, 11) is 0. The van der Waals surface area contributed by atoms with Crippen molar-refractivity contribution in [3.05, 3.63) is 35.7 Å². The van der Waals surface area contributed by atoms with Gasteiger partial charge < -0.3 is 0 Å². The highest BCUT2D eigenvalue weighted by Gasteiger charge is 2.15. The Balaban J connectivity index is 2.55. The van der Waals surface area contributed by atoms with E-state index >= 15 is 0 Å². The van der Waals surface area contributed by atoms with Gasteiger partial charge in [-0.1, -0.05) is 43.3 Å². The molecule has 0 aliphatic rings. The molecule has 17 heavy (non-hydrogen) atoms. The average Bonchev–Trinajstić information content (AvgIpc) is 2.73. The van der Waals surface area contributed by atoms with Gasteiger partial charge in [-0.3, -0.25) is 4.57 Å². The summed E-state index contributed by atoms with van der Waals surface area (Å²) in [6.07, 6.45) is 2.03. The van der Waals surface area contributed by atoms with Crippen LogP contribution >= 0.6 is 11.8 Å². The molecule has 0 N–H and O–H groups in total. The molecule has 0 radical (unpaired) electrons. The molecule has 1 aromatic carbocycles. The molecule has 0 bridgehead atoms. The minimum absolute atomic E-state index is 0.365. The molecule has 0 spiro atoms. The van der Waals surface area contributed by atoms with Gasteiger partial charge in [-0.15, -0.1) is 10.2 Å². The molecule has 1 aromatic heterocycles. The summed E-state index contributed by atoms with van der Waals surface area (Å²) >= 11 is 1.62. The quantitative estimate of drug-likeness (QED) is 0.779. The van der Waals surface area contributed by atoms with Crippen molar-refractivity contribution >= 4 is 11.8 Å². The maximum atomic E-state index is 4.28. The highest BCUT2D eigenvalue weighted by atomic mass is 32.2. The van der Waals surface area contributed by atoms with Crippen LogP contribution < -0.4 is 0 Å². The number of aromatic nitrogens is 3. The van der Waals surface area contributed by atoms with Crippen molar-refractivity contribution in [2.24, 2.45) is 0 Å². The van der Waals surface area contributed by atoms with Crippen LogP contribution in [0.5, 0.6) is 0 Å². The zero-order chi connectivity index (χ0) is 12.4. The third kappa shape index (κ3) is 2.36. The number of rotatable bonds is 3. The summed E-state index contributed by atoms with van der Waals surface area (Å²) in [6, 6.07) is 8.46. The van der Waals surface area contributed by atoms with E-state index in [0.29, 0.717) is 5.92 Å². The highest BCUT2D eigenvalue weighted by molar-refractivity contribution is 7.98. The summed E-state index contributed by atoms with van der Waals surface area (Å²) < 4.78 is 2.13. The molecule has 0 amide bonds. The third-order valence-electron chi connectivity index (χ3n) is 2.65. The van der Waals surface area contributed by atoms with Crippen molar-refractivity contribution < 1.29 is 0 Å². The number of aryl methyl sites for hydroxylation is 1. The van der Waals surface area contributed by atoms with E-state index in [1.165, 1.54) is 5.56 Å². The standard InChI is InChI=1S/C13H17N3S/c1-9(2)12-14-15-13(17-4)16(12)11-7-5-10(3)6-8-11/h5-9H,1-4H3. The second-order valence-corrected chi connectivity index (χ2v) is 5.14. The van der Waals surface area contributed by atoms with Gasteiger partial charge in [0.1, 0.15) is 5.82 Å². The Morgan fingerprint density at radius 2 is 1.76 bits per heavy atom. The lowest BCUT2D eigenvalue weighted by atomic mass is 10.2. The second kappa shape index (κ2) is 4.92. The van der Waals surface area contributed by atoms with Crippen LogP contribution in [0.2, 0.25) is 0 Å². The van der Waals surface area contributed by atoms with Gasteiger partial charge in [-0.2, -0.15) is 0 Å². The largest absolute Gasteiger partial charge is 0.274 e. The van der Waals surface area contributed by atoms with E-state index in [0.717, 1.165) is 16.7 Å². The Morgan fingerprint density at radius 1 is 1.12 bits per heavy atom. The minimum atomic E-state index is 0.365. The summed E-state index contributed by atoms with van der Waals surface area (Å²) in [5, 5.41) is 9.45. The smallest absolute Gasteiger partial charge is 0.195 e. The summed E-state index contributed by atoms with van der Waals surface area (Å²) in [5.74, 6) is 1.38. The van der Waals surface area contributed by atoms with E-state index in [1.54, 1.807) is 11.8 Å². The van der Waals surface area contributed by atoms with E-state index in [4.69, 9.17) is 0 Å². The molecule has 0 aliphatic heterocycles. The molecule has 3 nitrogen and oxygen atoms in total. The molecular weight excluding hydrogens is 230 g/mol. The normalized spacial score (nSPS) is 11.1. The zero-order valence-corrected chi connectivity index (χ0v) is 11.5. The van der Waals surface area contributed by atoms with Crippen molar-refractivity contribution in [3.8, 4) is 5.69 Å². The predicted octanol–water partition coefficient (Wildman–Crippen LogP) is 3.42. The van der Waals surface area contributed by atoms with Gasteiger partial charge in [0.2, 0.25) is 0 Å². The molecule has 0 fully saturated rings. The molecular formula is C13H17N3S. The molecule has 2 rings (SSSR count). The Bertz CT molecular complexity index is 500. The van der Waals surface area contributed by atoms with Crippen LogP contribution in [0.25, 0.3) is 5.69 Å². The number of nitrogens with zero attached hydrogens (tertiary/aromatic N) is 3. The van der Waals surface area contributed by atoms with Gasteiger partial charge in [0.25, 0.3) is 0 Å². The lowest BCUT2D eigenvalue weighted by Gasteiger charge is -2.11. The van der Waals surface area contributed by atoms with Crippen LogP contribution in [-0.4, -0.2) is 21.0 Å². The Kier molecular flexibility index (Phi) is 3.52. The fourth-order valence-electron chi connectivity index (χ4n) is 1.72. The maximum absolute atomic E-state index is 4.28. The number of hydrogen-bond donors (Lipinski definition) is 0. The van der Waals surface area contributed by atoms with Crippen molar-refractivity contribution in [1.82, 2.24) is 14.8 Å². The first-order valence-electron chi connectivity index (χ1n) is 5.70. The molecule has 4 heteroatoms. The van der Waals surface area contributed by atoms with Crippen molar-refractivity contribution in [3.63, 3.8) is 0 Å². The van der Waals surface area contributed by atoms with Crippen LogP contribution in [0.1, 0.15) is 31.2 Å². The Hall–Kier alpha value is -1.29. The van der Waals surface area contributed by atoms with E-state index in [9.17, 15) is 0 Å². The van der Waals surface area contributed by atoms with Crippen molar-refractivity contribution in [2.45, 2.75) is 31.8 Å². The Labute approximate surface area is 106 Å². The van der Waals surface area contributed by atoms with Crippen LogP contribution in [0.4, 0.5) is 0 Å². The van der Waals surface area contributed by atoms with Crippen molar-refractivity contribution in [1.29, 1.82) is 0 Å². The third-order valence-corrected chi connectivity index (χ3v) is 3.28. The minimum Gasteiger partial charge on any atom is -0.274 e. The number of hydrogen-bond acceptors (Lipinski definition) is 3. The summed E-state index contributed by atoms with van der Waals surface area (Å²) in [4.78, 5) is 0. The molecule has 0 atom stereocenters. The molecule has 0 aliphatic carbocycles. The molecule has 90 valence electrons. The average molecular weight is 247 g/mol. The number of benzene rings is 1. The zero-order valence-electron chi connectivity index (χ0n) is 10.6. The SMILES string of the molecule is CSc1nnc(C(C)C)n1-c1ccc(C)cc1.